The minimum absolute atomic E-state index is 0.0113. The Kier molecular flexibility index (Phi) is 6.40. The molecule has 39 heavy (non-hydrogen) atoms. The van der Waals surface area contributed by atoms with Gasteiger partial charge in [-0.25, -0.2) is 0 Å². The minimum Gasteiger partial charge on any atom is -0.507 e. The van der Waals surface area contributed by atoms with Crippen LogP contribution in [0.15, 0.2) is 65.6 Å². The van der Waals surface area contributed by atoms with Crippen molar-refractivity contribution in [1.82, 2.24) is 10.8 Å². The number of phenolic OH excluding ortho intramolecular Hbond substituents is 1. The van der Waals surface area contributed by atoms with Gasteiger partial charge in [0.2, 0.25) is 0 Å². The highest BCUT2D eigenvalue weighted by molar-refractivity contribution is 6.31. The smallest absolute Gasteiger partial charge is 0.259 e. The van der Waals surface area contributed by atoms with E-state index in [2.05, 4.69) is 10.8 Å². The van der Waals surface area contributed by atoms with Crippen LogP contribution in [0.1, 0.15) is 40.9 Å². The number of carbonyl (C=O) groups excluding carboxylic acids is 3. The van der Waals surface area contributed by atoms with E-state index in [0.717, 1.165) is 21.9 Å². The first-order valence-corrected chi connectivity index (χ1v) is 12.3. The van der Waals surface area contributed by atoms with E-state index in [1.165, 1.54) is 33.3 Å². The maximum Gasteiger partial charge on any atom is 0.259 e. The number of allylic oxidation sites excluding steroid dienone is 4. The van der Waals surface area contributed by atoms with Crippen LogP contribution >= 0.6 is 0 Å². The quantitative estimate of drug-likeness (QED) is 0.250. The number of benzene rings is 3. The number of nitrogens with one attached hydrogen (secondary N) is 2. The summed E-state index contributed by atoms with van der Waals surface area (Å²) in [7, 11) is 2.73. The highest BCUT2D eigenvalue weighted by Gasteiger charge is 2.56. The van der Waals surface area contributed by atoms with Gasteiger partial charge in [-0.3, -0.25) is 24.7 Å². The number of ketones is 2. The summed E-state index contributed by atoms with van der Waals surface area (Å²) >= 11 is 0. The number of amides is 1. The number of methoxy groups -OCH3 is 1. The van der Waals surface area contributed by atoms with Crippen LogP contribution < -0.4 is 20.3 Å². The fourth-order valence-electron chi connectivity index (χ4n) is 5.37. The standard InChI is InChI=1S/C30H28N2O7/c1-15-10-11-17-8-6-7-9-18(17)19(15)14-31-29(36)25-22(37-4)12-21(34)26-27(25)39-23-13-20(33)24(16(2)32-38-5)28(35)30(23,26)3/h6-13,32,34H,14H2,1-5H3,(H,31,36)/t30-/m1/s1. The van der Waals surface area contributed by atoms with Gasteiger partial charge in [0, 0.05) is 24.4 Å². The van der Waals surface area contributed by atoms with E-state index in [1.807, 2.05) is 43.3 Å². The van der Waals surface area contributed by atoms with E-state index >= 15 is 0 Å². The molecule has 2 aliphatic rings. The molecule has 3 aromatic rings. The maximum atomic E-state index is 13.7. The van der Waals surface area contributed by atoms with Crippen molar-refractivity contribution in [1.29, 1.82) is 0 Å². The highest BCUT2D eigenvalue weighted by Crippen LogP contribution is 2.56. The van der Waals surface area contributed by atoms with Crippen LogP contribution in [0.25, 0.3) is 10.8 Å². The zero-order chi connectivity index (χ0) is 28.1. The highest BCUT2D eigenvalue weighted by atomic mass is 16.6. The first kappa shape index (κ1) is 26.0. The molecular formula is C30H28N2O7. The molecule has 1 atom stereocenters. The molecule has 9 nitrogen and oxygen atoms in total. The molecule has 1 heterocycles. The van der Waals surface area contributed by atoms with E-state index in [4.69, 9.17) is 14.3 Å². The van der Waals surface area contributed by atoms with Crippen LogP contribution in [0.4, 0.5) is 0 Å². The Balaban J connectivity index is 1.59. The third kappa shape index (κ3) is 3.93. The van der Waals surface area contributed by atoms with Gasteiger partial charge in [-0.1, -0.05) is 36.4 Å². The van der Waals surface area contributed by atoms with Crippen LogP contribution in [0.2, 0.25) is 0 Å². The van der Waals surface area contributed by atoms with Gasteiger partial charge in [0.05, 0.1) is 25.4 Å². The summed E-state index contributed by atoms with van der Waals surface area (Å²) in [5.74, 6) is -1.95. The van der Waals surface area contributed by atoms with Gasteiger partial charge in [0.15, 0.2) is 17.3 Å². The van der Waals surface area contributed by atoms with E-state index in [9.17, 15) is 19.5 Å². The Morgan fingerprint density at radius 3 is 2.59 bits per heavy atom. The predicted molar refractivity (Wildman–Crippen MR) is 143 cm³/mol. The minimum atomic E-state index is -1.55. The van der Waals surface area contributed by atoms with Crippen molar-refractivity contribution in [3.05, 3.63) is 87.8 Å². The summed E-state index contributed by atoms with van der Waals surface area (Å²) in [6.45, 7) is 5.28. The third-order valence-corrected chi connectivity index (χ3v) is 7.40. The number of hydroxylamine groups is 1. The van der Waals surface area contributed by atoms with Gasteiger partial charge in [0.1, 0.15) is 28.2 Å². The number of hydrogen-bond acceptors (Lipinski definition) is 8. The molecule has 0 saturated heterocycles. The molecule has 3 aromatic carbocycles. The fraction of sp³-hybridized carbons (Fsp3) is 0.233. The third-order valence-electron chi connectivity index (χ3n) is 7.40. The lowest BCUT2D eigenvalue weighted by Crippen LogP contribution is -2.41. The second-order valence-corrected chi connectivity index (χ2v) is 9.68. The summed E-state index contributed by atoms with van der Waals surface area (Å²) in [5, 5.41) is 16.0. The molecule has 0 spiro atoms. The van der Waals surface area contributed by atoms with Crippen molar-refractivity contribution in [3.63, 3.8) is 0 Å². The van der Waals surface area contributed by atoms with Crippen molar-refractivity contribution >= 4 is 28.2 Å². The zero-order valence-corrected chi connectivity index (χ0v) is 22.2. The summed E-state index contributed by atoms with van der Waals surface area (Å²) in [6.07, 6.45) is 1.20. The molecule has 5 rings (SSSR count). The van der Waals surface area contributed by atoms with Gasteiger partial charge >= 0.3 is 0 Å². The first-order chi connectivity index (χ1) is 18.6. The normalized spacial score (nSPS) is 19.2. The molecule has 1 aliphatic heterocycles. The topological polar surface area (TPSA) is 123 Å². The van der Waals surface area contributed by atoms with E-state index in [1.54, 1.807) is 6.92 Å². The second-order valence-electron chi connectivity index (χ2n) is 9.68. The number of rotatable bonds is 6. The van der Waals surface area contributed by atoms with Crippen LogP contribution in [0.5, 0.6) is 17.2 Å². The summed E-state index contributed by atoms with van der Waals surface area (Å²) in [4.78, 5) is 45.2. The average Bonchev–Trinajstić information content (AvgIpc) is 3.21. The second kappa shape index (κ2) is 9.59. The molecule has 0 fully saturated rings. The number of Topliss-reactive ketones (excluding diaryl/α,β-unsaturated/α-hetero) is 1. The molecular weight excluding hydrogens is 500 g/mol. The SMILES string of the molecule is CONC(C)=C1C(=O)C=C2Oc3c(C(=O)NCc4c(C)ccc5ccccc45)c(OC)cc(O)c3[C@]2(C)C1=O. The number of phenols is 1. The van der Waals surface area contributed by atoms with Crippen molar-refractivity contribution in [2.24, 2.45) is 0 Å². The maximum absolute atomic E-state index is 13.7. The number of ether oxygens (including phenoxy) is 2. The Hall–Kier alpha value is -4.63. The zero-order valence-electron chi connectivity index (χ0n) is 22.2. The Labute approximate surface area is 225 Å². The molecule has 3 N–H and O–H groups in total. The van der Waals surface area contributed by atoms with Crippen molar-refractivity contribution in [3.8, 4) is 17.2 Å². The average molecular weight is 529 g/mol. The molecule has 200 valence electrons. The number of fused-ring (bicyclic) bond motifs is 4. The van der Waals surface area contributed by atoms with Crippen LogP contribution in [0.3, 0.4) is 0 Å². The van der Waals surface area contributed by atoms with Crippen LogP contribution in [-0.2, 0) is 26.4 Å². The molecule has 0 bridgehead atoms. The summed E-state index contributed by atoms with van der Waals surface area (Å²) in [5.41, 5.74) is 3.13. The number of carbonyl (C=O) groups is 3. The first-order valence-electron chi connectivity index (χ1n) is 12.3. The summed E-state index contributed by atoms with van der Waals surface area (Å²) in [6, 6.07) is 13.2. The van der Waals surface area contributed by atoms with Gasteiger partial charge in [0.25, 0.3) is 5.91 Å². The molecule has 0 radical (unpaired) electrons. The summed E-state index contributed by atoms with van der Waals surface area (Å²) < 4.78 is 11.4. The van der Waals surface area contributed by atoms with Gasteiger partial charge in [-0.15, -0.1) is 0 Å². The van der Waals surface area contributed by atoms with Crippen molar-refractivity contribution in [2.75, 3.05) is 14.2 Å². The Morgan fingerprint density at radius 2 is 1.87 bits per heavy atom. The van der Waals surface area contributed by atoms with E-state index in [-0.39, 0.29) is 51.9 Å². The molecule has 9 heteroatoms. The molecule has 1 aliphatic carbocycles. The van der Waals surface area contributed by atoms with E-state index < -0.39 is 22.9 Å². The molecule has 0 saturated carbocycles. The molecule has 0 aromatic heterocycles. The number of hydrogen-bond donors (Lipinski definition) is 3. The van der Waals surface area contributed by atoms with Gasteiger partial charge in [-0.2, -0.15) is 0 Å². The van der Waals surface area contributed by atoms with Crippen LogP contribution in [-0.4, -0.2) is 36.8 Å². The lowest BCUT2D eigenvalue weighted by atomic mass is 9.70. The number of aromatic hydroxyl groups is 1. The lowest BCUT2D eigenvalue weighted by molar-refractivity contribution is -0.123. The van der Waals surface area contributed by atoms with E-state index in [0.29, 0.717) is 0 Å². The van der Waals surface area contributed by atoms with Crippen LogP contribution in [0, 0.1) is 6.92 Å². The van der Waals surface area contributed by atoms with Gasteiger partial charge in [-0.05, 0) is 42.7 Å². The van der Waals surface area contributed by atoms with Crippen molar-refractivity contribution in [2.45, 2.75) is 32.7 Å². The fourth-order valence-corrected chi connectivity index (χ4v) is 5.37. The van der Waals surface area contributed by atoms with Crippen molar-refractivity contribution < 1.29 is 33.8 Å². The molecule has 1 amide bonds. The molecule has 0 unspecified atom stereocenters. The lowest BCUT2D eigenvalue weighted by Gasteiger charge is -2.28. The predicted octanol–water partition coefficient (Wildman–Crippen LogP) is 3.90. The number of aryl methyl sites for hydroxylation is 1. The monoisotopic (exact) mass is 528 g/mol. The largest absolute Gasteiger partial charge is 0.507 e. The van der Waals surface area contributed by atoms with Gasteiger partial charge < -0.3 is 19.9 Å². The Bertz CT molecular complexity index is 1640. The Morgan fingerprint density at radius 1 is 1.13 bits per heavy atom.